The molecule has 11 aromatic carbocycles. The van der Waals surface area contributed by atoms with E-state index in [0.717, 1.165) is 92.9 Å². The molecule has 0 aliphatic carbocycles. The molecule has 0 saturated carbocycles. The van der Waals surface area contributed by atoms with Crippen molar-refractivity contribution in [2.45, 2.75) is 53.9 Å². The van der Waals surface area contributed by atoms with Crippen molar-refractivity contribution in [3.8, 4) is 22.3 Å². The molecule has 0 atom stereocenters. The minimum absolute atomic E-state index is 0. The first kappa shape index (κ1) is 73.8. The van der Waals surface area contributed by atoms with Crippen LogP contribution in [-0.4, -0.2) is 33.2 Å². The van der Waals surface area contributed by atoms with E-state index in [4.69, 9.17) is 0 Å². The van der Waals surface area contributed by atoms with Gasteiger partial charge in [-0.2, -0.15) is 53.0 Å². The van der Waals surface area contributed by atoms with E-state index in [1.165, 1.54) is 89.2 Å². The number of fused-ring (bicyclic) bond motifs is 10. The summed E-state index contributed by atoms with van der Waals surface area (Å²) < 4.78 is 76.1. The van der Waals surface area contributed by atoms with Gasteiger partial charge in [-0.1, -0.05) is 132 Å². The van der Waals surface area contributed by atoms with Crippen molar-refractivity contribution < 1.29 is 68.5 Å². The van der Waals surface area contributed by atoms with Crippen LogP contribution in [-0.2, 0) is 54.5 Å². The second-order valence-corrected chi connectivity index (χ2v) is 26.8. The smallest absolute Gasteiger partial charge is 0.657 e. The van der Waals surface area contributed by atoms with E-state index in [9.17, 15) is 26.3 Å². The minimum atomic E-state index is -4.56. The Bertz CT molecular complexity index is 5090. The molecule has 18 rings (SSSR count). The molecule has 106 heavy (non-hydrogen) atoms. The maximum atomic E-state index is 12.7. The fourth-order valence-corrected chi connectivity index (χ4v) is 14.8. The van der Waals surface area contributed by atoms with Crippen LogP contribution in [0.5, 0.6) is 0 Å². The Kier molecular flexibility index (Phi) is 20.5. The molecule has 11 nitrogen and oxygen atoms in total. The summed E-state index contributed by atoms with van der Waals surface area (Å²) in [6.07, 6.45) is -5.51. The second-order valence-electron chi connectivity index (χ2n) is 26.8. The number of benzene rings is 11. The van der Waals surface area contributed by atoms with Gasteiger partial charge in [0.05, 0.1) is 11.1 Å². The Morgan fingerprint density at radius 3 is 0.962 bits per heavy atom. The van der Waals surface area contributed by atoms with Crippen LogP contribution in [0.15, 0.2) is 225 Å². The molecule has 4 aliphatic heterocycles. The van der Waals surface area contributed by atoms with Crippen molar-refractivity contribution in [2.24, 2.45) is 0 Å². The minimum Gasteiger partial charge on any atom is -0.657 e. The van der Waals surface area contributed by atoms with Gasteiger partial charge in [-0.05, 0) is 191 Å². The summed E-state index contributed by atoms with van der Waals surface area (Å²) in [6, 6.07) is 75.5. The zero-order valence-corrected chi connectivity index (χ0v) is 64.0. The topological polar surface area (TPSA) is 67.0 Å². The third kappa shape index (κ3) is 14.2. The van der Waals surface area contributed by atoms with Crippen LogP contribution in [0.25, 0.3) is 65.9 Å². The number of aryl methyl sites for hydroxylation is 6. The van der Waals surface area contributed by atoms with Gasteiger partial charge in [-0.3, -0.25) is 4.98 Å². The second kappa shape index (κ2) is 29.5. The SMILES string of the molecule is Cc1cc(C)c(-c2cc(N3[CH-]N(C)c4ccccc43)[c-]c(N3[CH-]N(C)c4ccccc43)c2)c(C)c1.Cc1cc(C)c(-c2cc(N3[CH-]N(C)c4ccccc43)[c-]c(N3[CH-]N(C)c4ccccc43)c2)c(C)c1.FC(F)(F)c1ccc2[n-]c3ccc(C(F)(F)F)cc3c2c1.[Pt+4].[Pt+4].c1ccc2c(c1)[n-]c1cnccc12. The predicted octanol–water partition coefficient (Wildman–Crippen LogP) is 22.3. The Morgan fingerprint density at radius 2 is 0.623 bits per heavy atom. The van der Waals surface area contributed by atoms with Gasteiger partial charge in [0.15, 0.2) is 0 Å². The maximum absolute atomic E-state index is 12.7. The summed E-state index contributed by atoms with van der Waals surface area (Å²) >= 11 is 0. The molecule has 4 aliphatic rings. The number of para-hydroxylation sites is 9. The van der Waals surface area contributed by atoms with Crippen molar-refractivity contribution >= 4 is 112 Å². The predicted molar refractivity (Wildman–Crippen MR) is 412 cm³/mol. The van der Waals surface area contributed by atoms with Crippen LogP contribution in [0.2, 0.25) is 0 Å². The first-order chi connectivity index (χ1) is 49.9. The van der Waals surface area contributed by atoms with Gasteiger partial charge >= 0.3 is 54.5 Å². The van der Waals surface area contributed by atoms with Gasteiger partial charge in [0.25, 0.3) is 0 Å². The van der Waals surface area contributed by atoms with E-state index in [1.807, 2.05) is 24.3 Å². The third-order valence-corrected chi connectivity index (χ3v) is 19.3. The van der Waals surface area contributed by atoms with Gasteiger partial charge in [0.1, 0.15) is 0 Å². The quantitative estimate of drug-likeness (QED) is 0.118. The number of pyridine rings is 1. The van der Waals surface area contributed by atoms with E-state index in [0.29, 0.717) is 0 Å². The van der Waals surface area contributed by atoms with Crippen molar-refractivity contribution in [2.75, 3.05) is 67.4 Å². The van der Waals surface area contributed by atoms with Gasteiger partial charge in [0, 0.05) is 57.9 Å². The number of nitrogens with zero attached hydrogens (tertiary/aromatic N) is 11. The number of alkyl halides is 6. The molecule has 14 aromatic rings. The van der Waals surface area contributed by atoms with Crippen LogP contribution in [0.4, 0.5) is 94.6 Å². The van der Waals surface area contributed by atoms with Gasteiger partial charge in [-0.15, -0.1) is 92.3 Å². The van der Waals surface area contributed by atoms with Crippen molar-refractivity contribution in [3.05, 3.63) is 308 Å². The van der Waals surface area contributed by atoms with Crippen LogP contribution in [0.1, 0.15) is 44.5 Å². The summed E-state index contributed by atoms with van der Waals surface area (Å²) in [5.74, 6) is 0. The van der Waals surface area contributed by atoms with Crippen molar-refractivity contribution in [1.29, 1.82) is 0 Å². The monoisotopic (exact) mass is 1770 g/mol. The Morgan fingerprint density at radius 1 is 0.330 bits per heavy atom. The maximum Gasteiger partial charge on any atom is 4.00 e. The first-order valence-corrected chi connectivity index (χ1v) is 34.0. The summed E-state index contributed by atoms with van der Waals surface area (Å²) in [6.45, 7) is 21.7. The number of rotatable bonds is 6. The summed E-state index contributed by atoms with van der Waals surface area (Å²) in [5.41, 5.74) is 26.9. The van der Waals surface area contributed by atoms with Gasteiger partial charge < -0.3 is 49.2 Å². The number of hydrogen-bond donors (Lipinski definition) is 0. The normalized spacial score (nSPS) is 13.6. The van der Waals surface area contributed by atoms with Gasteiger partial charge in [-0.25, -0.2) is 0 Å². The number of halogens is 6. The van der Waals surface area contributed by atoms with E-state index in [1.54, 1.807) is 12.4 Å². The molecular weight excluding hydrogens is 1700 g/mol. The molecule has 0 spiro atoms. The molecule has 0 bridgehead atoms. The molecule has 536 valence electrons. The Hall–Kier alpha value is -10.5. The van der Waals surface area contributed by atoms with Crippen LogP contribution in [0.3, 0.4) is 0 Å². The summed E-state index contributed by atoms with van der Waals surface area (Å²) in [4.78, 5) is 30.2. The molecule has 0 unspecified atom stereocenters. The van der Waals surface area contributed by atoms with Crippen LogP contribution < -0.4 is 49.2 Å². The number of anilines is 12. The van der Waals surface area contributed by atoms with Crippen molar-refractivity contribution in [1.82, 2.24) is 15.0 Å². The summed E-state index contributed by atoms with van der Waals surface area (Å²) in [7, 11) is 8.38. The zero-order chi connectivity index (χ0) is 72.6. The number of hydrogen-bond acceptors (Lipinski definition) is 9. The molecule has 19 heteroatoms. The van der Waals surface area contributed by atoms with Crippen LogP contribution in [0, 0.1) is 80.3 Å². The molecule has 3 aromatic heterocycles. The van der Waals surface area contributed by atoms with Crippen LogP contribution >= 0.6 is 0 Å². The van der Waals surface area contributed by atoms with Crippen molar-refractivity contribution in [3.63, 3.8) is 0 Å². The standard InChI is InChI=1S/2C31H29N4.C14H6F6N.C11H7N2.2Pt/c2*1-21-14-22(2)31(23(3)15-21)24-16-25(34-19-32(4)27-10-6-8-12-29(27)34)18-26(17-24)35-20-33(5)28-11-7-9-13-30(28)35;15-13(16,17)7-1-3-11-9(5-7)10-6-8(14(18,19)20)2-4-12(10)21-11;1-2-4-10-8(3-1)9-5-6-12-7-11(9)13-10;;/h2*6-17,19-20H,1-5H3;1-6H;1-7H;;/q2*-3;2*-1;2*+4. The Balaban J connectivity index is 0.000000131. The molecular formula is C87H71F6N11Pt2. The van der Waals surface area contributed by atoms with E-state index >= 15 is 0 Å². The average Bonchev–Trinajstić information content (AvgIpc) is 1.62. The third-order valence-electron chi connectivity index (χ3n) is 19.3. The van der Waals surface area contributed by atoms with E-state index in [-0.39, 0.29) is 63.9 Å². The summed E-state index contributed by atoms with van der Waals surface area (Å²) in [5, 5.41) is 2.52. The fraction of sp³-hybridized carbons (Fsp3) is 0.138. The molecule has 0 saturated heterocycles. The number of aromatic nitrogens is 3. The molecule has 0 fully saturated rings. The molecule has 0 N–H and O–H groups in total. The largest absolute Gasteiger partial charge is 4.00 e. The Labute approximate surface area is 642 Å². The molecule has 7 heterocycles. The molecule has 0 amide bonds. The van der Waals surface area contributed by atoms with E-state index < -0.39 is 23.5 Å². The molecule has 0 radical (unpaired) electrons. The van der Waals surface area contributed by atoms with E-state index in [2.05, 4.69) is 314 Å². The fourth-order valence-electron chi connectivity index (χ4n) is 14.8. The zero-order valence-electron chi connectivity index (χ0n) is 59.5. The first-order valence-electron chi connectivity index (χ1n) is 34.0. The average molecular weight is 1770 g/mol. The van der Waals surface area contributed by atoms with Gasteiger partial charge in [0.2, 0.25) is 0 Å².